The number of hydrogen-bond donors (Lipinski definition) is 2. The monoisotopic (exact) mass is 465 g/mol. The number of benzene rings is 3. The van der Waals surface area contributed by atoms with Crippen LogP contribution in [0.1, 0.15) is 57.7 Å². The highest BCUT2D eigenvalue weighted by molar-refractivity contribution is 5.71. The van der Waals surface area contributed by atoms with E-state index in [1.165, 1.54) is 6.07 Å². The predicted molar refractivity (Wildman–Crippen MR) is 138 cm³/mol. The summed E-state index contributed by atoms with van der Waals surface area (Å²) >= 11 is 0. The molecule has 2 N–H and O–H groups in total. The molecule has 0 aliphatic carbocycles. The molecule has 182 valence electrons. The molecule has 0 saturated heterocycles. The van der Waals surface area contributed by atoms with Crippen LogP contribution >= 0.6 is 0 Å². The van der Waals surface area contributed by atoms with Crippen molar-refractivity contribution in [3.05, 3.63) is 83.2 Å². The Bertz CT molecular complexity index is 1090. The van der Waals surface area contributed by atoms with Gasteiger partial charge in [-0.2, -0.15) is 0 Å². The third kappa shape index (κ3) is 7.34. The van der Waals surface area contributed by atoms with Crippen LogP contribution < -0.4 is 10.1 Å². The Morgan fingerprint density at radius 1 is 0.941 bits per heavy atom. The molecule has 0 unspecified atom stereocenters. The molecule has 0 radical (unpaired) electrons. The van der Waals surface area contributed by atoms with Gasteiger partial charge in [0.05, 0.1) is 7.11 Å². The zero-order valence-electron chi connectivity index (χ0n) is 21.0. The fraction of sp³-hybridized carbons (Fsp3) is 0.345. The number of anilines is 1. The van der Waals surface area contributed by atoms with Gasteiger partial charge in [0.25, 0.3) is 0 Å². The van der Waals surface area contributed by atoms with E-state index in [9.17, 15) is 9.18 Å². The molecular formula is C29H36FNO3. The summed E-state index contributed by atoms with van der Waals surface area (Å²) in [7, 11) is 1.58. The van der Waals surface area contributed by atoms with E-state index >= 15 is 0 Å². The van der Waals surface area contributed by atoms with Crippen LogP contribution in [0.3, 0.4) is 0 Å². The molecule has 0 aliphatic heterocycles. The van der Waals surface area contributed by atoms with Gasteiger partial charge in [-0.3, -0.25) is 4.79 Å². The summed E-state index contributed by atoms with van der Waals surface area (Å²) in [6.45, 7) is 10.9. The summed E-state index contributed by atoms with van der Waals surface area (Å²) in [5.74, 6) is -0.458. The minimum Gasteiger partial charge on any atom is -0.497 e. The number of hydrogen-bond acceptors (Lipinski definition) is 3. The van der Waals surface area contributed by atoms with Crippen molar-refractivity contribution in [2.75, 3.05) is 12.4 Å². The summed E-state index contributed by atoms with van der Waals surface area (Å²) in [6.07, 6.45) is 0.635. The molecule has 3 rings (SSSR count). The largest absolute Gasteiger partial charge is 0.497 e. The highest BCUT2D eigenvalue weighted by atomic mass is 19.1. The summed E-state index contributed by atoms with van der Waals surface area (Å²) in [6, 6.07) is 18.7. The molecule has 0 amide bonds. The minimum atomic E-state index is -0.797. The van der Waals surface area contributed by atoms with Crippen LogP contribution in [0, 0.1) is 5.82 Å². The van der Waals surface area contributed by atoms with Gasteiger partial charge in [-0.05, 0) is 70.5 Å². The number of carbonyl (C=O) groups is 1. The average molecular weight is 466 g/mol. The van der Waals surface area contributed by atoms with Gasteiger partial charge in [0.2, 0.25) is 0 Å². The molecule has 0 saturated carbocycles. The minimum absolute atomic E-state index is 0.122. The SMILES string of the molecule is CC.COc1ccc(F)c(-c2cc(CNc3ccc(CCC(=O)O)cc3)ccc2C(C)(C)C)c1. The summed E-state index contributed by atoms with van der Waals surface area (Å²) in [4.78, 5) is 10.7. The molecule has 34 heavy (non-hydrogen) atoms. The maximum absolute atomic E-state index is 14.8. The van der Waals surface area contributed by atoms with Crippen molar-refractivity contribution in [1.82, 2.24) is 0 Å². The van der Waals surface area contributed by atoms with Gasteiger partial charge >= 0.3 is 5.97 Å². The van der Waals surface area contributed by atoms with Gasteiger partial charge < -0.3 is 15.2 Å². The highest BCUT2D eigenvalue weighted by Crippen LogP contribution is 2.36. The Balaban J connectivity index is 0.00000199. The number of nitrogens with one attached hydrogen (secondary N) is 1. The second kappa shape index (κ2) is 12.2. The first-order valence-electron chi connectivity index (χ1n) is 11.7. The van der Waals surface area contributed by atoms with Crippen LogP contribution in [-0.4, -0.2) is 18.2 Å². The van der Waals surface area contributed by atoms with Crippen molar-refractivity contribution < 1.29 is 19.0 Å². The number of aryl methyl sites for hydroxylation is 1. The number of ether oxygens (including phenoxy) is 1. The fourth-order valence-electron chi connectivity index (χ4n) is 3.66. The summed E-state index contributed by atoms with van der Waals surface area (Å²) < 4.78 is 20.1. The van der Waals surface area contributed by atoms with E-state index in [2.05, 4.69) is 38.2 Å². The Kier molecular flexibility index (Phi) is 9.67. The molecule has 0 aliphatic rings. The van der Waals surface area contributed by atoms with Crippen molar-refractivity contribution >= 4 is 11.7 Å². The first-order chi connectivity index (χ1) is 16.2. The standard InChI is InChI=1S/C27H30FNO3.C2H6/c1-27(2,3)24-12-7-19(15-22(24)23-16-21(32-4)11-13-25(23)28)17-29-20-9-5-18(6-10-20)8-14-26(30)31;1-2/h5-7,9-13,15-16,29H,8,14,17H2,1-4H3,(H,30,31);1-2H3. The number of rotatable bonds is 8. The van der Waals surface area contributed by atoms with Crippen LogP contribution in [0.25, 0.3) is 11.1 Å². The van der Waals surface area contributed by atoms with Crippen LogP contribution in [0.15, 0.2) is 60.7 Å². The molecule has 0 atom stereocenters. The van der Waals surface area contributed by atoms with E-state index in [4.69, 9.17) is 9.84 Å². The number of halogens is 1. The summed E-state index contributed by atoms with van der Waals surface area (Å²) in [5, 5.41) is 12.2. The number of carboxylic acid groups (broad SMARTS) is 1. The topological polar surface area (TPSA) is 58.6 Å². The maximum Gasteiger partial charge on any atom is 0.303 e. The molecule has 3 aromatic carbocycles. The number of methoxy groups -OCH3 is 1. The van der Waals surface area contributed by atoms with Crippen molar-refractivity contribution in [1.29, 1.82) is 0 Å². The van der Waals surface area contributed by atoms with E-state index in [-0.39, 0.29) is 17.7 Å². The lowest BCUT2D eigenvalue weighted by molar-refractivity contribution is -0.136. The Labute approximate surface area is 202 Å². The highest BCUT2D eigenvalue weighted by Gasteiger charge is 2.21. The van der Waals surface area contributed by atoms with Gasteiger partial charge in [0.1, 0.15) is 11.6 Å². The van der Waals surface area contributed by atoms with Crippen LogP contribution in [-0.2, 0) is 23.2 Å². The lowest BCUT2D eigenvalue weighted by Crippen LogP contribution is -2.14. The summed E-state index contributed by atoms with van der Waals surface area (Å²) in [5.41, 5.74) is 5.27. The van der Waals surface area contributed by atoms with E-state index in [0.29, 0.717) is 24.3 Å². The maximum atomic E-state index is 14.8. The average Bonchev–Trinajstić information content (AvgIpc) is 2.83. The Morgan fingerprint density at radius 3 is 2.18 bits per heavy atom. The first-order valence-corrected chi connectivity index (χ1v) is 11.7. The smallest absolute Gasteiger partial charge is 0.303 e. The molecule has 0 bridgehead atoms. The van der Waals surface area contributed by atoms with E-state index < -0.39 is 5.97 Å². The van der Waals surface area contributed by atoms with Crippen molar-refractivity contribution in [2.45, 2.75) is 59.4 Å². The van der Waals surface area contributed by atoms with Gasteiger partial charge in [-0.15, -0.1) is 0 Å². The third-order valence-electron chi connectivity index (χ3n) is 5.43. The van der Waals surface area contributed by atoms with Crippen LogP contribution in [0.5, 0.6) is 5.75 Å². The van der Waals surface area contributed by atoms with E-state index in [0.717, 1.165) is 27.9 Å². The molecule has 5 heteroatoms. The molecule has 0 aromatic heterocycles. The second-order valence-electron chi connectivity index (χ2n) is 8.92. The van der Waals surface area contributed by atoms with Crippen molar-refractivity contribution in [3.63, 3.8) is 0 Å². The zero-order valence-corrected chi connectivity index (χ0v) is 21.0. The molecule has 0 heterocycles. The first kappa shape index (κ1) is 26.9. The van der Waals surface area contributed by atoms with Crippen LogP contribution in [0.4, 0.5) is 10.1 Å². The van der Waals surface area contributed by atoms with Gasteiger partial charge in [0.15, 0.2) is 0 Å². The Hall–Kier alpha value is -3.34. The van der Waals surface area contributed by atoms with E-state index in [1.54, 1.807) is 19.2 Å². The number of aliphatic carboxylic acids is 1. The van der Waals surface area contributed by atoms with Crippen molar-refractivity contribution in [3.8, 4) is 16.9 Å². The molecule has 0 fully saturated rings. The second-order valence-corrected chi connectivity index (χ2v) is 8.92. The molecule has 0 spiro atoms. The van der Waals surface area contributed by atoms with Crippen molar-refractivity contribution in [2.24, 2.45) is 0 Å². The third-order valence-corrected chi connectivity index (χ3v) is 5.43. The molecule has 3 aromatic rings. The zero-order chi connectivity index (χ0) is 25.3. The van der Waals surface area contributed by atoms with Crippen LogP contribution in [0.2, 0.25) is 0 Å². The lowest BCUT2D eigenvalue weighted by atomic mass is 9.81. The number of carboxylic acids is 1. The lowest BCUT2D eigenvalue weighted by Gasteiger charge is -2.24. The molecule has 4 nitrogen and oxygen atoms in total. The molecular weight excluding hydrogens is 429 g/mol. The quantitative estimate of drug-likeness (QED) is 0.363. The predicted octanol–water partition coefficient (Wildman–Crippen LogP) is 7.45. The Morgan fingerprint density at radius 2 is 1.59 bits per heavy atom. The van der Waals surface area contributed by atoms with Gasteiger partial charge in [0, 0.05) is 24.2 Å². The van der Waals surface area contributed by atoms with E-state index in [1.807, 2.05) is 44.2 Å². The normalized spacial score (nSPS) is 10.8. The fourth-order valence-corrected chi connectivity index (χ4v) is 3.66. The van der Waals surface area contributed by atoms with Gasteiger partial charge in [-0.25, -0.2) is 4.39 Å². The van der Waals surface area contributed by atoms with Gasteiger partial charge in [-0.1, -0.05) is 58.9 Å².